The lowest BCUT2D eigenvalue weighted by atomic mass is 10.1. The Balaban J connectivity index is 1.99. The van der Waals surface area contributed by atoms with Gasteiger partial charge >= 0.3 is 0 Å². The SMILES string of the molecule is Cc1cccc(CCc2n[nH]c(C)n2)c1. The highest BCUT2D eigenvalue weighted by Crippen LogP contribution is 2.06. The number of hydrogen-bond acceptors (Lipinski definition) is 2. The van der Waals surface area contributed by atoms with Crippen LogP contribution in [0.25, 0.3) is 0 Å². The third kappa shape index (κ3) is 2.65. The first-order chi connectivity index (χ1) is 7.24. The Morgan fingerprint density at radius 3 is 2.73 bits per heavy atom. The molecular formula is C12H15N3. The largest absolute Gasteiger partial charge is 0.263 e. The van der Waals surface area contributed by atoms with E-state index in [0.29, 0.717) is 0 Å². The second-order valence-electron chi connectivity index (χ2n) is 3.83. The number of benzene rings is 1. The summed E-state index contributed by atoms with van der Waals surface area (Å²) in [5, 5.41) is 6.97. The lowest BCUT2D eigenvalue weighted by molar-refractivity contribution is 0.864. The van der Waals surface area contributed by atoms with Crippen LogP contribution in [0, 0.1) is 13.8 Å². The van der Waals surface area contributed by atoms with Crippen molar-refractivity contribution in [2.45, 2.75) is 26.7 Å². The minimum Gasteiger partial charge on any atom is -0.263 e. The summed E-state index contributed by atoms with van der Waals surface area (Å²) < 4.78 is 0. The van der Waals surface area contributed by atoms with Crippen LogP contribution in [0.15, 0.2) is 24.3 Å². The van der Waals surface area contributed by atoms with Gasteiger partial charge in [0.15, 0.2) is 5.82 Å². The molecule has 2 aromatic rings. The van der Waals surface area contributed by atoms with Crippen molar-refractivity contribution in [2.24, 2.45) is 0 Å². The second-order valence-corrected chi connectivity index (χ2v) is 3.83. The molecule has 0 aliphatic heterocycles. The molecule has 0 aliphatic rings. The zero-order chi connectivity index (χ0) is 10.7. The molecule has 1 N–H and O–H groups in total. The molecule has 1 aromatic heterocycles. The topological polar surface area (TPSA) is 41.6 Å². The normalized spacial score (nSPS) is 10.5. The van der Waals surface area contributed by atoms with Crippen LogP contribution in [-0.4, -0.2) is 15.2 Å². The van der Waals surface area contributed by atoms with Crippen molar-refractivity contribution in [3.8, 4) is 0 Å². The van der Waals surface area contributed by atoms with Gasteiger partial charge in [-0.15, -0.1) is 0 Å². The van der Waals surface area contributed by atoms with Crippen LogP contribution in [0.1, 0.15) is 22.8 Å². The second kappa shape index (κ2) is 4.26. The van der Waals surface area contributed by atoms with Crippen LogP contribution < -0.4 is 0 Å². The molecule has 0 radical (unpaired) electrons. The number of hydrogen-bond donors (Lipinski definition) is 1. The molecule has 0 aliphatic carbocycles. The van der Waals surface area contributed by atoms with Crippen molar-refractivity contribution in [2.75, 3.05) is 0 Å². The Kier molecular flexibility index (Phi) is 2.81. The van der Waals surface area contributed by atoms with Crippen molar-refractivity contribution in [1.29, 1.82) is 0 Å². The van der Waals surface area contributed by atoms with Gasteiger partial charge in [-0.25, -0.2) is 4.98 Å². The summed E-state index contributed by atoms with van der Waals surface area (Å²) in [5.74, 6) is 1.78. The smallest absolute Gasteiger partial charge is 0.151 e. The van der Waals surface area contributed by atoms with Crippen molar-refractivity contribution in [3.63, 3.8) is 0 Å². The Morgan fingerprint density at radius 1 is 1.20 bits per heavy atom. The molecule has 0 bridgehead atoms. The van der Waals surface area contributed by atoms with Crippen molar-refractivity contribution >= 4 is 0 Å². The maximum atomic E-state index is 4.28. The van der Waals surface area contributed by atoms with Gasteiger partial charge < -0.3 is 0 Å². The van der Waals surface area contributed by atoms with E-state index < -0.39 is 0 Å². The Labute approximate surface area is 89.6 Å². The zero-order valence-electron chi connectivity index (χ0n) is 9.12. The number of nitrogens with zero attached hydrogens (tertiary/aromatic N) is 2. The molecule has 0 fully saturated rings. The van der Waals surface area contributed by atoms with Gasteiger partial charge in [0.25, 0.3) is 0 Å². The first kappa shape index (κ1) is 9.90. The summed E-state index contributed by atoms with van der Waals surface area (Å²) in [6.07, 6.45) is 1.90. The molecule has 3 nitrogen and oxygen atoms in total. The molecule has 3 heteroatoms. The first-order valence-corrected chi connectivity index (χ1v) is 5.17. The van der Waals surface area contributed by atoms with E-state index in [1.165, 1.54) is 11.1 Å². The minimum absolute atomic E-state index is 0.884. The van der Waals surface area contributed by atoms with E-state index in [0.717, 1.165) is 24.5 Å². The molecular weight excluding hydrogens is 186 g/mol. The summed E-state index contributed by atoms with van der Waals surface area (Å²) >= 11 is 0. The van der Waals surface area contributed by atoms with Gasteiger partial charge in [0.05, 0.1) is 0 Å². The highest BCUT2D eigenvalue weighted by atomic mass is 15.2. The van der Waals surface area contributed by atoms with E-state index in [9.17, 15) is 0 Å². The van der Waals surface area contributed by atoms with E-state index in [-0.39, 0.29) is 0 Å². The average molecular weight is 201 g/mol. The lowest BCUT2D eigenvalue weighted by Crippen LogP contribution is -1.94. The summed E-state index contributed by atoms with van der Waals surface area (Å²) in [5.41, 5.74) is 2.65. The molecule has 1 aromatic carbocycles. The van der Waals surface area contributed by atoms with Crippen LogP contribution in [0.3, 0.4) is 0 Å². The molecule has 0 unspecified atom stereocenters. The van der Waals surface area contributed by atoms with Crippen molar-refractivity contribution < 1.29 is 0 Å². The number of H-pyrrole nitrogens is 1. The molecule has 0 atom stereocenters. The highest BCUT2D eigenvalue weighted by Gasteiger charge is 2.00. The Hall–Kier alpha value is -1.64. The summed E-state index contributed by atoms with van der Waals surface area (Å²) in [6, 6.07) is 8.56. The molecule has 1 heterocycles. The maximum Gasteiger partial charge on any atom is 0.151 e. The molecule has 78 valence electrons. The number of rotatable bonds is 3. The summed E-state index contributed by atoms with van der Waals surface area (Å²) in [4.78, 5) is 4.28. The minimum atomic E-state index is 0.884. The van der Waals surface area contributed by atoms with E-state index >= 15 is 0 Å². The van der Waals surface area contributed by atoms with Gasteiger partial charge in [-0.3, -0.25) is 5.10 Å². The Bertz CT molecular complexity index is 446. The quantitative estimate of drug-likeness (QED) is 0.827. The van der Waals surface area contributed by atoms with Crippen LogP contribution in [0.4, 0.5) is 0 Å². The zero-order valence-corrected chi connectivity index (χ0v) is 9.12. The van der Waals surface area contributed by atoms with Gasteiger partial charge in [0, 0.05) is 6.42 Å². The molecule has 0 saturated carbocycles. The number of aromatic amines is 1. The number of aromatic nitrogens is 3. The molecule has 2 rings (SSSR count). The van der Waals surface area contributed by atoms with Gasteiger partial charge in [-0.05, 0) is 25.8 Å². The molecule has 0 amide bonds. The molecule has 0 saturated heterocycles. The van der Waals surface area contributed by atoms with E-state index in [1.54, 1.807) is 0 Å². The van der Waals surface area contributed by atoms with Crippen LogP contribution in [-0.2, 0) is 12.8 Å². The highest BCUT2D eigenvalue weighted by molar-refractivity contribution is 5.22. The maximum absolute atomic E-state index is 4.28. The predicted octanol–water partition coefficient (Wildman–Crippen LogP) is 2.21. The Morgan fingerprint density at radius 2 is 2.07 bits per heavy atom. The van der Waals surface area contributed by atoms with Gasteiger partial charge in [-0.2, -0.15) is 5.10 Å². The fraction of sp³-hybridized carbons (Fsp3) is 0.333. The number of aryl methyl sites for hydroxylation is 4. The average Bonchev–Trinajstić information content (AvgIpc) is 2.62. The van der Waals surface area contributed by atoms with Gasteiger partial charge in [-0.1, -0.05) is 29.8 Å². The van der Waals surface area contributed by atoms with E-state index in [2.05, 4.69) is 46.4 Å². The molecule has 0 spiro atoms. The van der Waals surface area contributed by atoms with E-state index in [1.807, 2.05) is 6.92 Å². The van der Waals surface area contributed by atoms with Crippen molar-refractivity contribution in [3.05, 3.63) is 47.0 Å². The third-order valence-electron chi connectivity index (χ3n) is 2.36. The van der Waals surface area contributed by atoms with E-state index in [4.69, 9.17) is 0 Å². The lowest BCUT2D eigenvalue weighted by Gasteiger charge is -1.99. The summed E-state index contributed by atoms with van der Waals surface area (Å²) in [6.45, 7) is 4.03. The first-order valence-electron chi connectivity index (χ1n) is 5.17. The number of nitrogens with one attached hydrogen (secondary N) is 1. The fourth-order valence-electron chi connectivity index (χ4n) is 1.62. The van der Waals surface area contributed by atoms with Crippen LogP contribution >= 0.6 is 0 Å². The van der Waals surface area contributed by atoms with Crippen molar-refractivity contribution in [1.82, 2.24) is 15.2 Å². The predicted molar refractivity (Wildman–Crippen MR) is 59.7 cm³/mol. The van der Waals surface area contributed by atoms with Crippen LogP contribution in [0.2, 0.25) is 0 Å². The third-order valence-corrected chi connectivity index (χ3v) is 2.36. The summed E-state index contributed by atoms with van der Waals surface area (Å²) in [7, 11) is 0. The van der Waals surface area contributed by atoms with Gasteiger partial charge in [0.1, 0.15) is 5.82 Å². The standard InChI is InChI=1S/C12H15N3/c1-9-4-3-5-11(8-9)6-7-12-13-10(2)14-15-12/h3-5,8H,6-7H2,1-2H3,(H,13,14,15). The monoisotopic (exact) mass is 201 g/mol. The fourth-order valence-corrected chi connectivity index (χ4v) is 1.62. The van der Waals surface area contributed by atoms with Crippen LogP contribution in [0.5, 0.6) is 0 Å². The molecule has 15 heavy (non-hydrogen) atoms. The van der Waals surface area contributed by atoms with Gasteiger partial charge in [0.2, 0.25) is 0 Å².